The first-order chi connectivity index (χ1) is 9.34. The first kappa shape index (κ1) is 17.0. The average Bonchev–Trinajstić information content (AvgIpc) is 2.38. The number of benzene rings is 1. The fourth-order valence-electron chi connectivity index (χ4n) is 3.17. The lowest BCUT2D eigenvalue weighted by molar-refractivity contribution is 0.0516. The Morgan fingerprint density at radius 3 is 2.20 bits per heavy atom. The first-order valence-electron chi connectivity index (χ1n) is 7.54. The highest BCUT2D eigenvalue weighted by molar-refractivity contribution is 5.47. The molecular weight excluding hydrogens is 244 g/mol. The second kappa shape index (κ2) is 7.08. The van der Waals surface area contributed by atoms with Crippen LogP contribution in [0.5, 0.6) is 0 Å². The minimum atomic E-state index is 0.263. The summed E-state index contributed by atoms with van der Waals surface area (Å²) < 4.78 is 5.41. The second-order valence-corrected chi connectivity index (χ2v) is 7.06. The standard InChI is InChI=1S/C19H30O/c1-7-16-9-11-17(12-10-16)13-18(3,4)14-19(5,8-2)15-20-6/h7,9-12H,1,8,13-15H2,2-6H3. The van der Waals surface area contributed by atoms with Crippen LogP contribution in [0.3, 0.4) is 0 Å². The van der Waals surface area contributed by atoms with Gasteiger partial charge in [0.2, 0.25) is 0 Å². The Labute approximate surface area is 125 Å². The van der Waals surface area contributed by atoms with E-state index in [1.807, 2.05) is 6.08 Å². The number of hydrogen-bond donors (Lipinski definition) is 0. The fraction of sp³-hybridized carbons (Fsp3) is 0.579. The van der Waals surface area contributed by atoms with E-state index in [1.54, 1.807) is 7.11 Å². The summed E-state index contributed by atoms with van der Waals surface area (Å²) >= 11 is 0. The van der Waals surface area contributed by atoms with Crippen molar-refractivity contribution >= 4 is 6.08 Å². The molecule has 112 valence electrons. The van der Waals surface area contributed by atoms with E-state index in [1.165, 1.54) is 17.5 Å². The summed E-state index contributed by atoms with van der Waals surface area (Å²) in [7, 11) is 1.80. The molecule has 1 atom stereocenters. The van der Waals surface area contributed by atoms with Gasteiger partial charge in [0.05, 0.1) is 6.61 Å². The van der Waals surface area contributed by atoms with Crippen LogP contribution in [0.4, 0.5) is 0 Å². The maximum atomic E-state index is 5.41. The van der Waals surface area contributed by atoms with Crippen LogP contribution < -0.4 is 0 Å². The average molecular weight is 274 g/mol. The lowest BCUT2D eigenvalue weighted by Gasteiger charge is -2.37. The van der Waals surface area contributed by atoms with Crippen LogP contribution in [0.1, 0.15) is 51.7 Å². The lowest BCUT2D eigenvalue weighted by atomic mass is 9.70. The van der Waals surface area contributed by atoms with Crippen molar-refractivity contribution in [2.75, 3.05) is 13.7 Å². The molecule has 0 aromatic heterocycles. The zero-order chi connectivity index (χ0) is 15.2. The lowest BCUT2D eigenvalue weighted by Crippen LogP contribution is -2.30. The maximum absolute atomic E-state index is 5.41. The molecule has 0 spiro atoms. The van der Waals surface area contributed by atoms with Crippen molar-refractivity contribution in [2.45, 2.75) is 47.0 Å². The van der Waals surface area contributed by atoms with E-state index in [4.69, 9.17) is 4.74 Å². The van der Waals surface area contributed by atoms with E-state index in [0.717, 1.165) is 19.4 Å². The molecule has 0 bridgehead atoms. The Morgan fingerprint density at radius 2 is 1.75 bits per heavy atom. The van der Waals surface area contributed by atoms with Crippen molar-refractivity contribution in [1.82, 2.24) is 0 Å². The summed E-state index contributed by atoms with van der Waals surface area (Å²) in [6.45, 7) is 13.9. The van der Waals surface area contributed by atoms with Gasteiger partial charge in [-0.25, -0.2) is 0 Å². The molecule has 0 aliphatic heterocycles. The second-order valence-electron chi connectivity index (χ2n) is 7.06. The van der Waals surface area contributed by atoms with Gasteiger partial charge in [0.15, 0.2) is 0 Å². The molecular formula is C19H30O. The summed E-state index contributed by atoms with van der Waals surface area (Å²) in [4.78, 5) is 0. The molecule has 1 unspecified atom stereocenters. The molecule has 0 heterocycles. The summed E-state index contributed by atoms with van der Waals surface area (Å²) in [5.41, 5.74) is 3.12. The monoisotopic (exact) mass is 274 g/mol. The molecule has 0 N–H and O–H groups in total. The third kappa shape index (κ3) is 5.13. The zero-order valence-electron chi connectivity index (χ0n) is 13.8. The van der Waals surface area contributed by atoms with Crippen molar-refractivity contribution in [3.05, 3.63) is 42.0 Å². The molecule has 1 aromatic carbocycles. The fourth-order valence-corrected chi connectivity index (χ4v) is 3.17. The normalized spacial score (nSPS) is 14.8. The van der Waals surface area contributed by atoms with E-state index < -0.39 is 0 Å². The van der Waals surface area contributed by atoms with Crippen molar-refractivity contribution in [3.63, 3.8) is 0 Å². The number of ether oxygens (including phenoxy) is 1. The highest BCUT2D eigenvalue weighted by atomic mass is 16.5. The van der Waals surface area contributed by atoms with Gasteiger partial charge in [0, 0.05) is 7.11 Å². The van der Waals surface area contributed by atoms with E-state index in [-0.39, 0.29) is 10.8 Å². The highest BCUT2D eigenvalue weighted by Crippen LogP contribution is 2.38. The Balaban J connectivity index is 2.74. The van der Waals surface area contributed by atoms with Crippen molar-refractivity contribution in [3.8, 4) is 0 Å². The van der Waals surface area contributed by atoms with E-state index in [2.05, 4.69) is 58.5 Å². The predicted molar refractivity (Wildman–Crippen MR) is 88.9 cm³/mol. The van der Waals surface area contributed by atoms with E-state index in [9.17, 15) is 0 Å². The SMILES string of the molecule is C=Cc1ccc(CC(C)(C)CC(C)(CC)COC)cc1. The molecule has 0 saturated heterocycles. The third-order valence-electron chi connectivity index (χ3n) is 4.15. The topological polar surface area (TPSA) is 9.23 Å². The molecule has 0 saturated carbocycles. The number of methoxy groups -OCH3 is 1. The third-order valence-corrected chi connectivity index (χ3v) is 4.15. The van der Waals surface area contributed by atoms with Crippen LogP contribution >= 0.6 is 0 Å². The van der Waals surface area contributed by atoms with Crippen LogP contribution in [-0.4, -0.2) is 13.7 Å². The quantitative estimate of drug-likeness (QED) is 0.621. The van der Waals surface area contributed by atoms with Gasteiger partial charge < -0.3 is 4.74 Å². The number of hydrogen-bond acceptors (Lipinski definition) is 1. The molecule has 0 amide bonds. The van der Waals surface area contributed by atoms with Crippen LogP contribution in [0.25, 0.3) is 6.08 Å². The summed E-state index contributed by atoms with van der Waals surface area (Å²) in [5.74, 6) is 0. The van der Waals surface area contributed by atoms with Crippen LogP contribution in [0.15, 0.2) is 30.8 Å². The molecule has 1 rings (SSSR count). The van der Waals surface area contributed by atoms with Crippen LogP contribution in [0, 0.1) is 10.8 Å². The van der Waals surface area contributed by atoms with Crippen LogP contribution in [0.2, 0.25) is 0 Å². The first-order valence-corrected chi connectivity index (χ1v) is 7.54. The van der Waals surface area contributed by atoms with Crippen molar-refractivity contribution < 1.29 is 4.74 Å². The Bertz CT molecular complexity index is 416. The van der Waals surface area contributed by atoms with E-state index in [0.29, 0.717) is 0 Å². The molecule has 1 nitrogen and oxygen atoms in total. The van der Waals surface area contributed by atoms with Gasteiger partial charge >= 0.3 is 0 Å². The maximum Gasteiger partial charge on any atom is 0.0516 e. The molecule has 0 aliphatic carbocycles. The van der Waals surface area contributed by atoms with E-state index >= 15 is 0 Å². The summed E-state index contributed by atoms with van der Waals surface area (Å²) in [5, 5.41) is 0. The van der Waals surface area contributed by atoms with Gasteiger partial charge in [-0.2, -0.15) is 0 Å². The van der Waals surface area contributed by atoms with Gasteiger partial charge in [0.25, 0.3) is 0 Å². The minimum Gasteiger partial charge on any atom is -0.384 e. The van der Waals surface area contributed by atoms with Gasteiger partial charge in [0.1, 0.15) is 0 Å². The zero-order valence-corrected chi connectivity index (χ0v) is 13.8. The highest BCUT2D eigenvalue weighted by Gasteiger charge is 2.31. The summed E-state index contributed by atoms with van der Waals surface area (Å²) in [6, 6.07) is 8.73. The predicted octanol–water partition coefficient (Wildman–Crippen LogP) is 5.35. The van der Waals surface area contributed by atoms with Gasteiger partial charge in [-0.15, -0.1) is 0 Å². The molecule has 1 heteroatoms. The Morgan fingerprint density at radius 1 is 1.15 bits per heavy atom. The minimum absolute atomic E-state index is 0.263. The Kier molecular flexibility index (Phi) is 6.01. The molecule has 0 fully saturated rings. The Hall–Kier alpha value is -1.08. The van der Waals surface area contributed by atoms with Gasteiger partial charge in [-0.05, 0) is 41.2 Å². The molecule has 0 radical (unpaired) electrons. The molecule has 1 aromatic rings. The number of rotatable bonds is 8. The van der Waals surface area contributed by atoms with Gasteiger partial charge in [-0.1, -0.05) is 64.6 Å². The van der Waals surface area contributed by atoms with Crippen molar-refractivity contribution in [2.24, 2.45) is 10.8 Å². The van der Waals surface area contributed by atoms with Gasteiger partial charge in [-0.3, -0.25) is 0 Å². The van der Waals surface area contributed by atoms with Crippen molar-refractivity contribution in [1.29, 1.82) is 0 Å². The molecule has 0 aliphatic rings. The van der Waals surface area contributed by atoms with Crippen LogP contribution in [-0.2, 0) is 11.2 Å². The molecule has 20 heavy (non-hydrogen) atoms. The largest absolute Gasteiger partial charge is 0.384 e. The summed E-state index contributed by atoms with van der Waals surface area (Å²) in [6.07, 6.45) is 5.32. The smallest absolute Gasteiger partial charge is 0.0516 e.